The molecule has 0 atom stereocenters. The van der Waals surface area contributed by atoms with E-state index in [2.05, 4.69) is 24.1 Å². The molecule has 0 saturated carbocycles. The predicted molar refractivity (Wildman–Crippen MR) is 105 cm³/mol. The highest BCUT2D eigenvalue weighted by atomic mass is 16.5. The SMILES string of the molecule is CCN(CC)CCNC(=O)CN1CCN(c2cc(OC)ccc2OC)C1=O. The Kier molecular flexibility index (Phi) is 7.72. The molecule has 2 rings (SSSR count). The second-order valence-electron chi connectivity index (χ2n) is 6.27. The molecular weight excluding hydrogens is 348 g/mol. The number of urea groups is 1. The van der Waals surface area contributed by atoms with Gasteiger partial charge in [-0.05, 0) is 25.2 Å². The minimum absolute atomic E-state index is 0.0554. The number of hydrogen-bond acceptors (Lipinski definition) is 5. The summed E-state index contributed by atoms with van der Waals surface area (Å²) in [6.07, 6.45) is 0. The zero-order valence-corrected chi connectivity index (χ0v) is 16.7. The van der Waals surface area contributed by atoms with Crippen LogP contribution in [0.15, 0.2) is 18.2 Å². The van der Waals surface area contributed by atoms with Crippen molar-refractivity contribution in [2.45, 2.75) is 13.8 Å². The molecule has 3 amide bonds. The molecule has 150 valence electrons. The van der Waals surface area contributed by atoms with Gasteiger partial charge in [0.05, 0.1) is 19.9 Å². The van der Waals surface area contributed by atoms with E-state index in [1.165, 1.54) is 0 Å². The first-order chi connectivity index (χ1) is 13.0. The van der Waals surface area contributed by atoms with Gasteiger partial charge in [-0.3, -0.25) is 9.69 Å². The number of rotatable bonds is 10. The van der Waals surface area contributed by atoms with Gasteiger partial charge in [0.2, 0.25) is 5.91 Å². The van der Waals surface area contributed by atoms with Gasteiger partial charge in [-0.2, -0.15) is 0 Å². The molecule has 27 heavy (non-hydrogen) atoms. The summed E-state index contributed by atoms with van der Waals surface area (Å²) in [6, 6.07) is 5.11. The van der Waals surface area contributed by atoms with E-state index in [4.69, 9.17) is 9.47 Å². The van der Waals surface area contributed by atoms with Crippen LogP contribution in [0.2, 0.25) is 0 Å². The van der Waals surface area contributed by atoms with Crippen molar-refractivity contribution in [3.05, 3.63) is 18.2 Å². The van der Waals surface area contributed by atoms with Crippen LogP contribution in [0.25, 0.3) is 0 Å². The number of anilines is 1. The normalized spacial score (nSPS) is 14.0. The number of nitrogens with one attached hydrogen (secondary N) is 1. The second-order valence-corrected chi connectivity index (χ2v) is 6.27. The molecule has 8 nitrogen and oxygen atoms in total. The van der Waals surface area contributed by atoms with Gasteiger partial charge >= 0.3 is 6.03 Å². The molecule has 0 unspecified atom stereocenters. The summed E-state index contributed by atoms with van der Waals surface area (Å²) in [6.45, 7) is 8.52. The van der Waals surface area contributed by atoms with E-state index in [0.717, 1.165) is 19.6 Å². The average Bonchev–Trinajstić information content (AvgIpc) is 3.04. The van der Waals surface area contributed by atoms with Gasteiger partial charge in [0, 0.05) is 32.2 Å². The summed E-state index contributed by atoms with van der Waals surface area (Å²) >= 11 is 0. The second kappa shape index (κ2) is 10.0. The van der Waals surface area contributed by atoms with Crippen molar-refractivity contribution in [3.8, 4) is 11.5 Å². The van der Waals surface area contributed by atoms with Crippen LogP contribution in [0, 0.1) is 0 Å². The number of amides is 3. The standard InChI is InChI=1S/C19H30N4O4/c1-5-21(6-2)10-9-20-18(24)14-22-11-12-23(19(22)25)16-13-15(26-3)7-8-17(16)27-4/h7-8,13H,5-6,9-12,14H2,1-4H3,(H,20,24). The Morgan fingerprint density at radius 3 is 2.56 bits per heavy atom. The third-order valence-electron chi connectivity index (χ3n) is 4.75. The quantitative estimate of drug-likeness (QED) is 0.666. The summed E-state index contributed by atoms with van der Waals surface area (Å²) in [5.74, 6) is 1.09. The Bertz CT molecular complexity index is 649. The Morgan fingerprint density at radius 2 is 1.93 bits per heavy atom. The van der Waals surface area contributed by atoms with Gasteiger partial charge in [0.25, 0.3) is 0 Å². The molecule has 1 aromatic rings. The van der Waals surface area contributed by atoms with Gasteiger partial charge in [0.15, 0.2) is 0 Å². The molecule has 1 fully saturated rings. The van der Waals surface area contributed by atoms with Gasteiger partial charge in [-0.25, -0.2) is 4.79 Å². The van der Waals surface area contributed by atoms with Crippen LogP contribution in [0.4, 0.5) is 10.5 Å². The number of nitrogens with zero attached hydrogens (tertiary/aromatic N) is 3. The van der Waals surface area contributed by atoms with Crippen LogP contribution in [0.5, 0.6) is 11.5 Å². The zero-order valence-electron chi connectivity index (χ0n) is 16.7. The summed E-state index contributed by atoms with van der Waals surface area (Å²) in [5, 5.41) is 2.89. The lowest BCUT2D eigenvalue weighted by Crippen LogP contribution is -2.42. The van der Waals surface area contributed by atoms with Gasteiger partial charge in [-0.1, -0.05) is 13.8 Å². The van der Waals surface area contributed by atoms with E-state index in [1.54, 1.807) is 42.2 Å². The molecule has 0 bridgehead atoms. The Balaban J connectivity index is 1.94. The number of ether oxygens (including phenoxy) is 2. The number of hydrogen-bond donors (Lipinski definition) is 1. The molecule has 1 heterocycles. The highest BCUT2D eigenvalue weighted by molar-refractivity contribution is 5.97. The minimum Gasteiger partial charge on any atom is -0.497 e. The fourth-order valence-corrected chi connectivity index (χ4v) is 3.08. The fraction of sp³-hybridized carbons (Fsp3) is 0.579. The van der Waals surface area contributed by atoms with E-state index >= 15 is 0 Å². The first-order valence-corrected chi connectivity index (χ1v) is 9.31. The van der Waals surface area contributed by atoms with Crippen LogP contribution < -0.4 is 19.7 Å². The Hall–Kier alpha value is -2.48. The van der Waals surface area contributed by atoms with E-state index in [0.29, 0.717) is 36.8 Å². The number of methoxy groups -OCH3 is 2. The van der Waals surface area contributed by atoms with Crippen LogP contribution in [-0.4, -0.2) is 81.8 Å². The predicted octanol–water partition coefficient (Wildman–Crippen LogP) is 1.40. The number of carbonyl (C=O) groups is 2. The third-order valence-corrected chi connectivity index (χ3v) is 4.75. The number of likely N-dealkylation sites (N-methyl/N-ethyl adjacent to an activating group) is 1. The molecule has 0 aliphatic carbocycles. The molecule has 8 heteroatoms. The van der Waals surface area contributed by atoms with Crippen LogP contribution in [0.1, 0.15) is 13.8 Å². The molecule has 1 aliphatic rings. The molecular formula is C19H30N4O4. The fourth-order valence-electron chi connectivity index (χ4n) is 3.08. The summed E-state index contributed by atoms with van der Waals surface area (Å²) in [7, 11) is 3.14. The largest absolute Gasteiger partial charge is 0.497 e. The highest BCUT2D eigenvalue weighted by Gasteiger charge is 2.32. The average molecular weight is 378 g/mol. The minimum atomic E-state index is -0.208. The van der Waals surface area contributed by atoms with Gasteiger partial charge in [0.1, 0.15) is 18.0 Å². The lowest BCUT2D eigenvalue weighted by atomic mass is 10.2. The van der Waals surface area contributed by atoms with Gasteiger partial charge < -0.3 is 24.6 Å². The maximum atomic E-state index is 12.8. The van der Waals surface area contributed by atoms with Crippen molar-refractivity contribution in [3.63, 3.8) is 0 Å². The molecule has 0 spiro atoms. The van der Waals surface area contributed by atoms with Crippen molar-refractivity contribution >= 4 is 17.6 Å². The van der Waals surface area contributed by atoms with E-state index in [-0.39, 0.29) is 18.5 Å². The monoisotopic (exact) mass is 378 g/mol. The third kappa shape index (κ3) is 5.26. The lowest BCUT2D eigenvalue weighted by Gasteiger charge is -2.21. The Morgan fingerprint density at radius 1 is 1.19 bits per heavy atom. The summed E-state index contributed by atoms with van der Waals surface area (Å²) in [4.78, 5) is 30.3. The first-order valence-electron chi connectivity index (χ1n) is 9.31. The van der Waals surface area contributed by atoms with Crippen molar-refractivity contribution in [2.24, 2.45) is 0 Å². The topological polar surface area (TPSA) is 74.4 Å². The summed E-state index contributed by atoms with van der Waals surface area (Å²) in [5.41, 5.74) is 0.645. The molecule has 1 aromatic carbocycles. The molecule has 1 N–H and O–H groups in total. The van der Waals surface area contributed by atoms with Crippen molar-refractivity contribution < 1.29 is 19.1 Å². The lowest BCUT2D eigenvalue weighted by molar-refractivity contribution is -0.121. The molecule has 0 radical (unpaired) electrons. The van der Waals surface area contributed by atoms with E-state index < -0.39 is 0 Å². The van der Waals surface area contributed by atoms with E-state index in [9.17, 15) is 9.59 Å². The smallest absolute Gasteiger partial charge is 0.325 e. The number of benzene rings is 1. The van der Waals surface area contributed by atoms with Crippen LogP contribution >= 0.6 is 0 Å². The number of carbonyl (C=O) groups excluding carboxylic acids is 2. The first kappa shape index (κ1) is 20.8. The van der Waals surface area contributed by atoms with Crippen molar-refractivity contribution in [1.29, 1.82) is 0 Å². The maximum absolute atomic E-state index is 12.8. The Labute approximate surface area is 161 Å². The van der Waals surface area contributed by atoms with Crippen LogP contribution in [-0.2, 0) is 4.79 Å². The van der Waals surface area contributed by atoms with E-state index in [1.807, 2.05) is 0 Å². The highest BCUT2D eigenvalue weighted by Crippen LogP contribution is 2.34. The summed E-state index contributed by atoms with van der Waals surface area (Å²) < 4.78 is 10.6. The van der Waals surface area contributed by atoms with Crippen molar-refractivity contribution in [2.75, 3.05) is 64.9 Å². The van der Waals surface area contributed by atoms with Gasteiger partial charge in [-0.15, -0.1) is 0 Å². The molecule has 1 saturated heterocycles. The van der Waals surface area contributed by atoms with Crippen LogP contribution in [0.3, 0.4) is 0 Å². The molecule has 1 aliphatic heterocycles. The van der Waals surface area contributed by atoms with Crippen molar-refractivity contribution in [1.82, 2.24) is 15.1 Å². The maximum Gasteiger partial charge on any atom is 0.325 e. The zero-order chi connectivity index (χ0) is 19.8. The molecule has 0 aromatic heterocycles.